The van der Waals surface area contributed by atoms with Crippen molar-refractivity contribution in [2.75, 3.05) is 13.2 Å². The van der Waals surface area contributed by atoms with E-state index in [1.54, 1.807) is 7.05 Å². The minimum absolute atomic E-state index is 0.150. The lowest BCUT2D eigenvalue weighted by Crippen LogP contribution is -2.31. The number of rotatable bonds is 4. The zero-order valence-electron chi connectivity index (χ0n) is 11.9. The Labute approximate surface area is 117 Å². The first-order chi connectivity index (χ1) is 9.70. The van der Waals surface area contributed by atoms with E-state index in [1.165, 1.54) is 4.57 Å². The summed E-state index contributed by atoms with van der Waals surface area (Å²) in [5, 5.41) is 3.48. The third-order valence-corrected chi connectivity index (χ3v) is 3.94. The molecule has 2 unspecified atom stereocenters. The summed E-state index contributed by atoms with van der Waals surface area (Å²) in [6, 6.07) is 6.09. The maximum absolute atomic E-state index is 11.6. The molecule has 2 atom stereocenters. The van der Waals surface area contributed by atoms with Crippen molar-refractivity contribution in [2.24, 2.45) is 7.05 Å². The van der Waals surface area contributed by atoms with E-state index in [-0.39, 0.29) is 17.9 Å². The fourth-order valence-electron chi connectivity index (χ4n) is 2.89. The first-order valence-electron chi connectivity index (χ1n) is 7.15. The van der Waals surface area contributed by atoms with Gasteiger partial charge in [-0.05, 0) is 37.1 Å². The van der Waals surface area contributed by atoms with Crippen molar-refractivity contribution in [3.63, 3.8) is 0 Å². The summed E-state index contributed by atoms with van der Waals surface area (Å²) in [5.41, 5.74) is 2.57. The zero-order valence-corrected chi connectivity index (χ0v) is 11.9. The van der Waals surface area contributed by atoms with E-state index in [0.29, 0.717) is 5.58 Å². The first-order valence-corrected chi connectivity index (χ1v) is 7.15. The predicted molar refractivity (Wildman–Crippen MR) is 76.8 cm³/mol. The third kappa shape index (κ3) is 2.27. The number of likely N-dealkylation sites (N-methyl/N-ethyl adjacent to an activating group) is 1. The lowest BCUT2D eigenvalue weighted by Gasteiger charge is -2.24. The molecule has 3 rings (SSSR count). The Kier molecular flexibility index (Phi) is 3.63. The van der Waals surface area contributed by atoms with Crippen molar-refractivity contribution in [1.29, 1.82) is 0 Å². The molecule has 0 radical (unpaired) electrons. The van der Waals surface area contributed by atoms with Crippen LogP contribution in [0.2, 0.25) is 0 Å². The summed E-state index contributed by atoms with van der Waals surface area (Å²) in [4.78, 5) is 11.6. The van der Waals surface area contributed by atoms with E-state index in [4.69, 9.17) is 9.15 Å². The number of oxazole rings is 1. The molecule has 1 aliphatic heterocycles. The molecule has 1 aromatic carbocycles. The lowest BCUT2D eigenvalue weighted by atomic mass is 9.99. The van der Waals surface area contributed by atoms with Crippen LogP contribution in [0.1, 0.15) is 31.4 Å². The van der Waals surface area contributed by atoms with Gasteiger partial charge in [-0.15, -0.1) is 0 Å². The molecule has 0 bridgehead atoms. The maximum atomic E-state index is 11.6. The monoisotopic (exact) mass is 276 g/mol. The molecule has 0 saturated carbocycles. The SMILES string of the molecule is CCNC(c1ccc2c(c1)oc(=O)n2C)C1CCCO1. The molecule has 1 fully saturated rings. The highest BCUT2D eigenvalue weighted by Gasteiger charge is 2.27. The van der Waals surface area contributed by atoms with E-state index in [2.05, 4.69) is 12.2 Å². The predicted octanol–water partition coefficient (Wildman–Crippen LogP) is 1.96. The highest BCUT2D eigenvalue weighted by molar-refractivity contribution is 5.73. The minimum atomic E-state index is -0.325. The fourth-order valence-corrected chi connectivity index (χ4v) is 2.89. The summed E-state index contributed by atoms with van der Waals surface area (Å²) >= 11 is 0. The van der Waals surface area contributed by atoms with Crippen LogP contribution in [0.3, 0.4) is 0 Å². The molecule has 1 aliphatic rings. The van der Waals surface area contributed by atoms with Gasteiger partial charge in [-0.3, -0.25) is 4.57 Å². The second-order valence-corrected chi connectivity index (χ2v) is 5.24. The van der Waals surface area contributed by atoms with Crippen LogP contribution in [-0.4, -0.2) is 23.8 Å². The molecule has 20 heavy (non-hydrogen) atoms. The quantitative estimate of drug-likeness (QED) is 0.927. The largest absolute Gasteiger partial charge is 0.419 e. The molecular formula is C15H20N2O3. The normalized spacial score (nSPS) is 20.6. The molecule has 5 nitrogen and oxygen atoms in total. The molecule has 1 N–H and O–H groups in total. The molecule has 2 aromatic rings. The Morgan fingerprint density at radius 1 is 1.50 bits per heavy atom. The van der Waals surface area contributed by atoms with Crippen LogP contribution in [0.4, 0.5) is 0 Å². The fraction of sp³-hybridized carbons (Fsp3) is 0.533. The highest BCUT2D eigenvalue weighted by atomic mass is 16.5. The second kappa shape index (κ2) is 5.42. The van der Waals surface area contributed by atoms with Crippen LogP contribution < -0.4 is 11.1 Å². The zero-order chi connectivity index (χ0) is 14.1. The van der Waals surface area contributed by atoms with Crippen molar-refractivity contribution in [2.45, 2.75) is 31.9 Å². The van der Waals surface area contributed by atoms with Crippen molar-refractivity contribution in [1.82, 2.24) is 9.88 Å². The highest BCUT2D eigenvalue weighted by Crippen LogP contribution is 2.28. The average Bonchev–Trinajstić information content (AvgIpc) is 3.06. The summed E-state index contributed by atoms with van der Waals surface area (Å²) < 4.78 is 12.6. The number of aryl methyl sites for hydroxylation is 1. The van der Waals surface area contributed by atoms with E-state index in [1.807, 2.05) is 18.2 Å². The minimum Gasteiger partial charge on any atom is -0.408 e. The number of nitrogens with one attached hydrogen (secondary N) is 1. The molecule has 0 aliphatic carbocycles. The molecule has 1 saturated heterocycles. The van der Waals surface area contributed by atoms with Crippen molar-refractivity contribution in [3.05, 3.63) is 34.3 Å². The van der Waals surface area contributed by atoms with Crippen LogP contribution in [-0.2, 0) is 11.8 Å². The Bertz CT molecular complexity index is 653. The smallest absolute Gasteiger partial charge is 0.408 e. The van der Waals surface area contributed by atoms with Gasteiger partial charge in [0.1, 0.15) is 0 Å². The molecule has 0 amide bonds. The number of ether oxygens (including phenoxy) is 1. The third-order valence-electron chi connectivity index (χ3n) is 3.94. The van der Waals surface area contributed by atoms with Crippen LogP contribution in [0, 0.1) is 0 Å². The van der Waals surface area contributed by atoms with Gasteiger partial charge in [0.2, 0.25) is 0 Å². The molecule has 108 valence electrons. The Morgan fingerprint density at radius 3 is 3.05 bits per heavy atom. The molecule has 1 aromatic heterocycles. The summed E-state index contributed by atoms with van der Waals surface area (Å²) in [6.45, 7) is 3.79. The van der Waals surface area contributed by atoms with Gasteiger partial charge in [-0.1, -0.05) is 13.0 Å². The Morgan fingerprint density at radius 2 is 2.35 bits per heavy atom. The average molecular weight is 276 g/mol. The topological polar surface area (TPSA) is 56.4 Å². The number of fused-ring (bicyclic) bond motifs is 1. The van der Waals surface area contributed by atoms with Gasteiger partial charge in [-0.2, -0.15) is 0 Å². The number of aromatic nitrogens is 1. The number of benzene rings is 1. The van der Waals surface area contributed by atoms with Crippen molar-refractivity contribution < 1.29 is 9.15 Å². The van der Waals surface area contributed by atoms with Gasteiger partial charge in [0.25, 0.3) is 0 Å². The molecular weight excluding hydrogens is 256 g/mol. The second-order valence-electron chi connectivity index (χ2n) is 5.24. The first kappa shape index (κ1) is 13.4. The van der Waals surface area contributed by atoms with Gasteiger partial charge in [0.15, 0.2) is 5.58 Å². The molecule has 5 heteroatoms. The van der Waals surface area contributed by atoms with E-state index in [9.17, 15) is 4.79 Å². The summed E-state index contributed by atoms with van der Waals surface area (Å²) in [6.07, 6.45) is 2.37. The molecule has 2 heterocycles. The van der Waals surface area contributed by atoms with Crippen LogP contribution >= 0.6 is 0 Å². The van der Waals surface area contributed by atoms with Gasteiger partial charge >= 0.3 is 5.76 Å². The number of nitrogens with zero attached hydrogens (tertiary/aromatic N) is 1. The van der Waals surface area contributed by atoms with Gasteiger partial charge in [-0.25, -0.2) is 4.79 Å². The lowest BCUT2D eigenvalue weighted by molar-refractivity contribution is 0.0788. The van der Waals surface area contributed by atoms with Crippen molar-refractivity contribution >= 4 is 11.1 Å². The number of hydrogen-bond acceptors (Lipinski definition) is 4. The standard InChI is InChI=1S/C15H20N2O3/c1-3-16-14(12-5-4-8-19-12)10-6-7-11-13(9-10)20-15(18)17(11)2/h6-7,9,12,14,16H,3-5,8H2,1-2H3. The Balaban J connectivity index is 1.99. The Hall–Kier alpha value is -1.59. The van der Waals surface area contributed by atoms with Gasteiger partial charge < -0.3 is 14.5 Å². The van der Waals surface area contributed by atoms with Gasteiger partial charge in [0.05, 0.1) is 17.7 Å². The number of hydrogen-bond donors (Lipinski definition) is 1. The molecule has 0 spiro atoms. The maximum Gasteiger partial charge on any atom is 0.419 e. The summed E-state index contributed by atoms with van der Waals surface area (Å²) in [5.74, 6) is -0.325. The van der Waals surface area contributed by atoms with Crippen LogP contribution in [0.25, 0.3) is 11.1 Å². The van der Waals surface area contributed by atoms with Crippen LogP contribution in [0.15, 0.2) is 27.4 Å². The van der Waals surface area contributed by atoms with Crippen LogP contribution in [0.5, 0.6) is 0 Å². The van der Waals surface area contributed by atoms with E-state index < -0.39 is 0 Å². The van der Waals surface area contributed by atoms with E-state index >= 15 is 0 Å². The summed E-state index contributed by atoms with van der Waals surface area (Å²) in [7, 11) is 1.72. The van der Waals surface area contributed by atoms with E-state index in [0.717, 1.165) is 37.1 Å². The van der Waals surface area contributed by atoms with Gasteiger partial charge in [0, 0.05) is 13.7 Å². The van der Waals surface area contributed by atoms with Crippen molar-refractivity contribution in [3.8, 4) is 0 Å².